The molecular weight excluding hydrogens is 260 g/mol. The summed E-state index contributed by atoms with van der Waals surface area (Å²) >= 11 is 0. The fraction of sp³-hybridized carbons (Fsp3) is 0.444. The highest BCUT2D eigenvalue weighted by Crippen LogP contribution is 2.26. The Hall–Kier alpha value is -1.74. The molecule has 1 N–H and O–H groups in total. The number of hydrogen-bond acceptors (Lipinski definition) is 3. The van der Waals surface area contributed by atoms with E-state index in [2.05, 4.69) is 60.5 Å². The maximum absolute atomic E-state index is 5.90. The predicted octanol–water partition coefficient (Wildman–Crippen LogP) is 3.43. The van der Waals surface area contributed by atoms with Crippen molar-refractivity contribution in [1.29, 1.82) is 0 Å². The maximum atomic E-state index is 5.90. The van der Waals surface area contributed by atoms with Gasteiger partial charge in [-0.1, -0.05) is 19.1 Å². The van der Waals surface area contributed by atoms with Crippen LogP contribution in [-0.4, -0.2) is 32.3 Å². The molecular formula is C18H24N2O. The van der Waals surface area contributed by atoms with Gasteiger partial charge in [-0.2, -0.15) is 0 Å². The Morgan fingerprint density at radius 3 is 2.57 bits per heavy atom. The molecule has 0 saturated carbocycles. The second-order valence-electron chi connectivity index (χ2n) is 5.77. The van der Waals surface area contributed by atoms with Crippen LogP contribution >= 0.6 is 0 Å². The van der Waals surface area contributed by atoms with Gasteiger partial charge < -0.3 is 15.0 Å². The summed E-state index contributed by atoms with van der Waals surface area (Å²) in [6.07, 6.45) is 1.29. The predicted molar refractivity (Wildman–Crippen MR) is 89.4 cm³/mol. The van der Waals surface area contributed by atoms with Crippen LogP contribution in [0.5, 0.6) is 5.75 Å². The molecule has 1 fully saturated rings. The summed E-state index contributed by atoms with van der Waals surface area (Å²) in [5, 5.41) is 5.92. The van der Waals surface area contributed by atoms with Crippen molar-refractivity contribution in [1.82, 2.24) is 5.32 Å². The molecule has 3 nitrogen and oxygen atoms in total. The van der Waals surface area contributed by atoms with Gasteiger partial charge in [0.2, 0.25) is 0 Å². The van der Waals surface area contributed by atoms with Gasteiger partial charge in [0.15, 0.2) is 0 Å². The van der Waals surface area contributed by atoms with Gasteiger partial charge in [0.05, 0.1) is 6.10 Å². The van der Waals surface area contributed by atoms with Crippen molar-refractivity contribution in [3.8, 4) is 5.75 Å². The van der Waals surface area contributed by atoms with Gasteiger partial charge in [0.1, 0.15) is 5.75 Å². The van der Waals surface area contributed by atoms with Crippen LogP contribution in [0, 0.1) is 0 Å². The molecule has 0 radical (unpaired) electrons. The lowest BCUT2D eigenvalue weighted by molar-refractivity contribution is 0.218. The van der Waals surface area contributed by atoms with Crippen LogP contribution in [0.3, 0.4) is 0 Å². The standard InChI is InChI=1S/C18H24N2O/c1-3-14(2)21-18-7-5-15-12-17(6-4-16(15)13-18)20-10-8-19-9-11-20/h4-7,12-14,19H,3,8-11H2,1-2H3. The molecule has 1 unspecified atom stereocenters. The highest BCUT2D eigenvalue weighted by Gasteiger charge is 2.11. The van der Waals surface area contributed by atoms with Crippen molar-refractivity contribution in [2.45, 2.75) is 26.4 Å². The fourth-order valence-corrected chi connectivity index (χ4v) is 2.72. The number of fused-ring (bicyclic) bond motifs is 1. The SMILES string of the molecule is CCC(C)Oc1ccc2cc(N3CCNCC3)ccc2c1. The molecule has 2 aromatic carbocycles. The van der Waals surface area contributed by atoms with Crippen LogP contribution < -0.4 is 15.0 Å². The molecule has 3 rings (SSSR count). The number of ether oxygens (including phenoxy) is 1. The Bertz CT molecular complexity index is 605. The topological polar surface area (TPSA) is 24.5 Å². The van der Waals surface area contributed by atoms with E-state index in [4.69, 9.17) is 4.74 Å². The van der Waals surface area contributed by atoms with Crippen molar-refractivity contribution >= 4 is 16.5 Å². The van der Waals surface area contributed by atoms with Gasteiger partial charge in [-0.15, -0.1) is 0 Å². The fourth-order valence-electron chi connectivity index (χ4n) is 2.72. The maximum Gasteiger partial charge on any atom is 0.120 e. The van der Waals surface area contributed by atoms with E-state index in [0.717, 1.165) is 38.3 Å². The zero-order chi connectivity index (χ0) is 14.7. The van der Waals surface area contributed by atoms with E-state index in [1.165, 1.54) is 16.5 Å². The smallest absolute Gasteiger partial charge is 0.120 e. The number of nitrogens with one attached hydrogen (secondary N) is 1. The Morgan fingerprint density at radius 2 is 1.81 bits per heavy atom. The average Bonchev–Trinajstić information content (AvgIpc) is 2.55. The number of hydrogen-bond donors (Lipinski definition) is 1. The first-order valence-electron chi connectivity index (χ1n) is 7.92. The summed E-state index contributed by atoms with van der Waals surface area (Å²) in [4.78, 5) is 2.44. The zero-order valence-corrected chi connectivity index (χ0v) is 12.9. The lowest BCUT2D eigenvalue weighted by atomic mass is 10.1. The summed E-state index contributed by atoms with van der Waals surface area (Å²) < 4.78 is 5.90. The van der Waals surface area contributed by atoms with E-state index in [-0.39, 0.29) is 6.10 Å². The second-order valence-corrected chi connectivity index (χ2v) is 5.77. The van der Waals surface area contributed by atoms with Gasteiger partial charge in [-0.3, -0.25) is 0 Å². The van der Waals surface area contributed by atoms with Crippen LogP contribution in [0.1, 0.15) is 20.3 Å². The van der Waals surface area contributed by atoms with Gasteiger partial charge in [0, 0.05) is 31.9 Å². The summed E-state index contributed by atoms with van der Waals surface area (Å²) in [5.41, 5.74) is 1.32. The Morgan fingerprint density at radius 1 is 1.10 bits per heavy atom. The molecule has 0 amide bonds. The minimum absolute atomic E-state index is 0.266. The minimum Gasteiger partial charge on any atom is -0.491 e. The van der Waals surface area contributed by atoms with Gasteiger partial charge in [-0.05, 0) is 48.4 Å². The van der Waals surface area contributed by atoms with E-state index >= 15 is 0 Å². The molecule has 1 aliphatic heterocycles. The molecule has 0 aliphatic carbocycles. The molecule has 0 bridgehead atoms. The first-order valence-corrected chi connectivity index (χ1v) is 7.92. The highest BCUT2D eigenvalue weighted by molar-refractivity contribution is 5.87. The van der Waals surface area contributed by atoms with E-state index in [1.54, 1.807) is 0 Å². The summed E-state index contributed by atoms with van der Waals surface area (Å²) in [6, 6.07) is 13.1. The van der Waals surface area contributed by atoms with Gasteiger partial charge in [0.25, 0.3) is 0 Å². The number of anilines is 1. The van der Waals surface area contributed by atoms with E-state index in [9.17, 15) is 0 Å². The molecule has 0 aromatic heterocycles. The quantitative estimate of drug-likeness (QED) is 0.931. The molecule has 112 valence electrons. The lowest BCUT2D eigenvalue weighted by Crippen LogP contribution is -2.43. The summed E-state index contributed by atoms with van der Waals surface area (Å²) in [6.45, 7) is 8.56. The third kappa shape index (κ3) is 3.30. The molecule has 3 heteroatoms. The van der Waals surface area contributed by atoms with Crippen LogP contribution in [0.15, 0.2) is 36.4 Å². The van der Waals surface area contributed by atoms with Crippen molar-refractivity contribution in [2.24, 2.45) is 0 Å². The Labute approximate surface area is 126 Å². The van der Waals surface area contributed by atoms with Crippen molar-refractivity contribution in [3.63, 3.8) is 0 Å². The third-order valence-corrected chi connectivity index (χ3v) is 4.19. The molecule has 21 heavy (non-hydrogen) atoms. The lowest BCUT2D eigenvalue weighted by Gasteiger charge is -2.29. The van der Waals surface area contributed by atoms with Crippen LogP contribution in [-0.2, 0) is 0 Å². The summed E-state index contributed by atoms with van der Waals surface area (Å²) in [7, 11) is 0. The third-order valence-electron chi connectivity index (χ3n) is 4.19. The highest BCUT2D eigenvalue weighted by atomic mass is 16.5. The molecule has 0 spiro atoms. The van der Waals surface area contributed by atoms with Crippen molar-refractivity contribution < 1.29 is 4.74 Å². The van der Waals surface area contributed by atoms with Crippen LogP contribution in [0.25, 0.3) is 10.8 Å². The zero-order valence-electron chi connectivity index (χ0n) is 12.9. The summed E-state index contributed by atoms with van der Waals surface area (Å²) in [5.74, 6) is 0.965. The van der Waals surface area contributed by atoms with E-state index in [1.807, 2.05) is 0 Å². The molecule has 1 atom stereocenters. The van der Waals surface area contributed by atoms with Gasteiger partial charge in [-0.25, -0.2) is 0 Å². The van der Waals surface area contributed by atoms with Crippen molar-refractivity contribution in [3.05, 3.63) is 36.4 Å². The van der Waals surface area contributed by atoms with Gasteiger partial charge >= 0.3 is 0 Å². The first kappa shape index (κ1) is 14.2. The largest absolute Gasteiger partial charge is 0.491 e. The second kappa shape index (κ2) is 6.35. The first-order chi connectivity index (χ1) is 10.3. The Kier molecular flexibility index (Phi) is 4.30. The molecule has 1 saturated heterocycles. The molecule has 2 aromatic rings. The average molecular weight is 284 g/mol. The minimum atomic E-state index is 0.266. The van der Waals surface area contributed by atoms with E-state index in [0.29, 0.717) is 0 Å². The van der Waals surface area contributed by atoms with E-state index < -0.39 is 0 Å². The molecule has 1 aliphatic rings. The number of benzene rings is 2. The monoisotopic (exact) mass is 284 g/mol. The number of rotatable bonds is 4. The number of piperazine rings is 1. The van der Waals surface area contributed by atoms with Crippen LogP contribution in [0.2, 0.25) is 0 Å². The van der Waals surface area contributed by atoms with Crippen LogP contribution in [0.4, 0.5) is 5.69 Å². The Balaban J connectivity index is 1.83. The molecule has 1 heterocycles. The number of nitrogens with zero attached hydrogens (tertiary/aromatic N) is 1. The normalized spacial score (nSPS) is 17.0. The van der Waals surface area contributed by atoms with Crippen molar-refractivity contribution in [2.75, 3.05) is 31.1 Å².